The zero-order valence-corrected chi connectivity index (χ0v) is 11.6. The quantitative estimate of drug-likeness (QED) is 0.789. The fraction of sp³-hybridized carbons (Fsp3) is 0.500. The third kappa shape index (κ3) is 5.07. The molecule has 0 spiro atoms. The van der Waals surface area contributed by atoms with E-state index in [1.54, 1.807) is 12.4 Å². The zero-order chi connectivity index (χ0) is 14.3. The highest BCUT2D eigenvalue weighted by Gasteiger charge is 2.21. The summed E-state index contributed by atoms with van der Waals surface area (Å²) < 4.78 is 4.49. The van der Waals surface area contributed by atoms with Gasteiger partial charge in [0.2, 0.25) is 5.91 Å². The van der Waals surface area contributed by atoms with Crippen LogP contribution in [0.1, 0.15) is 32.3 Å². The second-order valence-corrected chi connectivity index (χ2v) is 4.98. The average molecular weight is 264 g/mol. The third-order valence-corrected chi connectivity index (χ3v) is 2.95. The van der Waals surface area contributed by atoms with Crippen molar-refractivity contribution in [1.82, 2.24) is 10.3 Å². The Morgan fingerprint density at radius 3 is 2.68 bits per heavy atom. The zero-order valence-electron chi connectivity index (χ0n) is 11.6. The van der Waals surface area contributed by atoms with Crippen LogP contribution in [0.5, 0.6) is 0 Å². The highest BCUT2D eigenvalue weighted by Crippen LogP contribution is 2.20. The topological polar surface area (TPSA) is 68.3 Å². The lowest BCUT2D eigenvalue weighted by molar-refractivity contribution is -0.142. The van der Waals surface area contributed by atoms with E-state index in [-0.39, 0.29) is 30.1 Å². The number of ether oxygens (including phenoxy) is 1. The molecule has 5 nitrogen and oxygen atoms in total. The average Bonchev–Trinajstić information content (AvgIpc) is 2.43. The number of pyridine rings is 1. The molecule has 1 amide bonds. The van der Waals surface area contributed by atoms with Gasteiger partial charge in [0, 0.05) is 30.8 Å². The predicted molar refractivity (Wildman–Crippen MR) is 71.5 cm³/mol. The van der Waals surface area contributed by atoms with Crippen molar-refractivity contribution in [3.8, 4) is 0 Å². The minimum absolute atomic E-state index is 0.107. The monoisotopic (exact) mass is 264 g/mol. The molecule has 1 heterocycles. The fourth-order valence-corrected chi connectivity index (χ4v) is 1.59. The summed E-state index contributed by atoms with van der Waals surface area (Å²) in [5, 5.41) is 2.83. The molecule has 1 aromatic rings. The lowest BCUT2D eigenvalue weighted by Gasteiger charge is -2.25. The molecule has 1 aromatic heterocycles. The molecule has 19 heavy (non-hydrogen) atoms. The van der Waals surface area contributed by atoms with Crippen LogP contribution in [0, 0.1) is 0 Å². The maximum Gasteiger partial charge on any atom is 0.306 e. The molecular formula is C14H20N2O3. The van der Waals surface area contributed by atoms with Crippen LogP contribution in [0.2, 0.25) is 0 Å². The number of hydrogen-bond acceptors (Lipinski definition) is 4. The Hall–Kier alpha value is -1.91. The molecule has 0 fully saturated rings. The summed E-state index contributed by atoms with van der Waals surface area (Å²) in [6, 6.07) is 3.85. The lowest BCUT2D eigenvalue weighted by atomic mass is 9.85. The van der Waals surface area contributed by atoms with E-state index in [1.165, 1.54) is 7.11 Å². The fourth-order valence-electron chi connectivity index (χ4n) is 1.59. The summed E-state index contributed by atoms with van der Waals surface area (Å²) in [6.45, 7) is 4.56. The van der Waals surface area contributed by atoms with Crippen molar-refractivity contribution >= 4 is 11.9 Å². The van der Waals surface area contributed by atoms with E-state index in [4.69, 9.17) is 0 Å². The van der Waals surface area contributed by atoms with Crippen LogP contribution >= 0.6 is 0 Å². The number of hydrogen-bond donors (Lipinski definition) is 1. The number of carbonyl (C=O) groups excluding carboxylic acids is 2. The first-order valence-corrected chi connectivity index (χ1v) is 6.20. The number of carbonyl (C=O) groups is 2. The summed E-state index contributed by atoms with van der Waals surface area (Å²) in [6.07, 6.45) is 3.76. The van der Waals surface area contributed by atoms with Crippen LogP contribution < -0.4 is 5.32 Å². The van der Waals surface area contributed by atoms with E-state index in [0.29, 0.717) is 6.54 Å². The van der Waals surface area contributed by atoms with Crippen molar-refractivity contribution in [3.05, 3.63) is 30.1 Å². The molecule has 0 unspecified atom stereocenters. The van der Waals surface area contributed by atoms with E-state index < -0.39 is 0 Å². The highest BCUT2D eigenvalue weighted by molar-refractivity contribution is 5.81. The third-order valence-electron chi connectivity index (χ3n) is 2.95. The summed E-state index contributed by atoms with van der Waals surface area (Å²) in [5.74, 6) is -0.524. The molecule has 0 aliphatic rings. The Bertz CT molecular complexity index is 430. The molecule has 5 heteroatoms. The van der Waals surface area contributed by atoms with Crippen molar-refractivity contribution in [3.63, 3.8) is 0 Å². The van der Waals surface area contributed by atoms with Gasteiger partial charge in [-0.15, -0.1) is 0 Å². The molecule has 1 N–H and O–H groups in total. The Kier molecular flexibility index (Phi) is 5.48. The second kappa shape index (κ2) is 6.87. The normalized spacial score (nSPS) is 10.9. The molecule has 104 valence electrons. The van der Waals surface area contributed by atoms with Crippen molar-refractivity contribution < 1.29 is 14.3 Å². The Balaban J connectivity index is 2.43. The first kappa shape index (κ1) is 15.1. The van der Waals surface area contributed by atoms with Crippen molar-refractivity contribution in [2.75, 3.05) is 13.7 Å². The molecular weight excluding hydrogens is 244 g/mol. The van der Waals surface area contributed by atoms with Gasteiger partial charge in [-0.2, -0.15) is 0 Å². The van der Waals surface area contributed by atoms with E-state index in [9.17, 15) is 9.59 Å². The van der Waals surface area contributed by atoms with Crippen LogP contribution in [-0.4, -0.2) is 30.5 Å². The standard InChI is InChI=1S/C14H20N2O3/c1-14(2,11-5-4-8-15-9-11)10-16-12(17)6-7-13(18)19-3/h4-5,8-9H,6-7,10H2,1-3H3,(H,16,17). The number of nitrogens with zero attached hydrogens (tertiary/aromatic N) is 1. The van der Waals surface area contributed by atoms with Crippen molar-refractivity contribution in [1.29, 1.82) is 0 Å². The SMILES string of the molecule is COC(=O)CCC(=O)NCC(C)(C)c1cccnc1. The number of amides is 1. The molecule has 0 saturated carbocycles. The van der Waals surface area contributed by atoms with Gasteiger partial charge in [0.25, 0.3) is 0 Å². The van der Waals surface area contributed by atoms with Crippen LogP contribution in [-0.2, 0) is 19.7 Å². The lowest BCUT2D eigenvalue weighted by Crippen LogP contribution is -2.36. The molecule has 0 bridgehead atoms. The van der Waals surface area contributed by atoms with Crippen LogP contribution in [0.4, 0.5) is 0 Å². The molecule has 0 atom stereocenters. The molecule has 0 aromatic carbocycles. The maximum absolute atomic E-state index is 11.6. The minimum atomic E-state index is -0.373. The predicted octanol–water partition coefficient (Wildman–Crippen LogP) is 1.43. The molecule has 0 radical (unpaired) electrons. The first-order valence-electron chi connectivity index (χ1n) is 6.20. The number of nitrogens with one attached hydrogen (secondary N) is 1. The van der Waals surface area contributed by atoms with Crippen LogP contribution in [0.3, 0.4) is 0 Å². The summed E-state index contributed by atoms with van der Waals surface area (Å²) in [5.41, 5.74) is 0.859. The first-order chi connectivity index (χ1) is 8.95. The van der Waals surface area contributed by atoms with Gasteiger partial charge >= 0.3 is 5.97 Å². The maximum atomic E-state index is 11.6. The summed E-state index contributed by atoms with van der Waals surface area (Å²) in [4.78, 5) is 26.6. The number of rotatable bonds is 6. The van der Waals surface area contributed by atoms with Gasteiger partial charge in [-0.1, -0.05) is 19.9 Å². The van der Waals surface area contributed by atoms with E-state index in [2.05, 4.69) is 15.0 Å². The van der Waals surface area contributed by atoms with Gasteiger partial charge in [-0.25, -0.2) is 0 Å². The summed E-state index contributed by atoms with van der Waals surface area (Å²) >= 11 is 0. The highest BCUT2D eigenvalue weighted by atomic mass is 16.5. The van der Waals surface area contributed by atoms with Gasteiger partial charge < -0.3 is 10.1 Å². The van der Waals surface area contributed by atoms with Crippen LogP contribution in [0.25, 0.3) is 0 Å². The van der Waals surface area contributed by atoms with Gasteiger partial charge in [-0.3, -0.25) is 14.6 Å². The Labute approximate surface area is 113 Å². The van der Waals surface area contributed by atoms with E-state index >= 15 is 0 Å². The Morgan fingerprint density at radius 2 is 2.11 bits per heavy atom. The van der Waals surface area contributed by atoms with E-state index in [1.807, 2.05) is 26.0 Å². The smallest absolute Gasteiger partial charge is 0.306 e. The van der Waals surface area contributed by atoms with Gasteiger partial charge in [0.15, 0.2) is 0 Å². The summed E-state index contributed by atoms with van der Waals surface area (Å²) in [7, 11) is 1.31. The minimum Gasteiger partial charge on any atom is -0.469 e. The number of esters is 1. The largest absolute Gasteiger partial charge is 0.469 e. The molecule has 0 aliphatic carbocycles. The molecule has 0 saturated heterocycles. The number of aromatic nitrogens is 1. The van der Waals surface area contributed by atoms with Crippen LogP contribution in [0.15, 0.2) is 24.5 Å². The van der Waals surface area contributed by atoms with Gasteiger partial charge in [0.1, 0.15) is 0 Å². The van der Waals surface area contributed by atoms with Crippen molar-refractivity contribution in [2.24, 2.45) is 0 Å². The molecule has 1 rings (SSSR count). The molecule has 0 aliphatic heterocycles. The van der Waals surface area contributed by atoms with Gasteiger partial charge in [-0.05, 0) is 11.6 Å². The Morgan fingerprint density at radius 1 is 1.37 bits per heavy atom. The van der Waals surface area contributed by atoms with Crippen molar-refractivity contribution in [2.45, 2.75) is 32.1 Å². The van der Waals surface area contributed by atoms with Gasteiger partial charge in [0.05, 0.1) is 13.5 Å². The number of methoxy groups -OCH3 is 1. The van der Waals surface area contributed by atoms with E-state index in [0.717, 1.165) is 5.56 Å². The second-order valence-electron chi connectivity index (χ2n) is 4.98.